The summed E-state index contributed by atoms with van der Waals surface area (Å²) in [5.74, 6) is 1.48. The van der Waals surface area contributed by atoms with Crippen molar-refractivity contribution in [1.29, 1.82) is 0 Å². The molecular formula is C20H26N6O. The Balaban J connectivity index is 1.35. The molecule has 7 nitrogen and oxygen atoms in total. The van der Waals surface area contributed by atoms with Crippen LogP contribution in [0.5, 0.6) is 0 Å². The maximum absolute atomic E-state index is 11.7. The molecule has 1 aromatic carbocycles. The van der Waals surface area contributed by atoms with Gasteiger partial charge in [0, 0.05) is 25.7 Å². The SMILES string of the molecule is CCn1c(CC2CCN(Cc3ccnn3-c3ccccc3)CC2)n[nH]c1=O. The topological polar surface area (TPSA) is 71.7 Å². The lowest BCUT2D eigenvalue weighted by Crippen LogP contribution is -2.35. The monoisotopic (exact) mass is 366 g/mol. The van der Waals surface area contributed by atoms with Gasteiger partial charge >= 0.3 is 5.69 Å². The van der Waals surface area contributed by atoms with E-state index in [-0.39, 0.29) is 5.69 Å². The Labute approximate surface area is 158 Å². The van der Waals surface area contributed by atoms with Gasteiger partial charge in [0.15, 0.2) is 0 Å². The lowest BCUT2D eigenvalue weighted by molar-refractivity contribution is 0.172. The minimum Gasteiger partial charge on any atom is -0.297 e. The molecule has 0 radical (unpaired) electrons. The highest BCUT2D eigenvalue weighted by molar-refractivity contribution is 5.32. The molecule has 1 aliphatic rings. The number of likely N-dealkylation sites (tertiary alicyclic amines) is 1. The summed E-state index contributed by atoms with van der Waals surface area (Å²) in [7, 11) is 0. The Morgan fingerprint density at radius 2 is 1.93 bits per heavy atom. The zero-order valence-corrected chi connectivity index (χ0v) is 15.7. The Bertz CT molecular complexity index is 917. The van der Waals surface area contributed by atoms with Crippen LogP contribution in [0, 0.1) is 5.92 Å². The highest BCUT2D eigenvalue weighted by atomic mass is 16.1. The summed E-state index contributed by atoms with van der Waals surface area (Å²) in [5, 5.41) is 11.3. The van der Waals surface area contributed by atoms with E-state index >= 15 is 0 Å². The summed E-state index contributed by atoms with van der Waals surface area (Å²) in [5.41, 5.74) is 2.22. The highest BCUT2D eigenvalue weighted by Gasteiger charge is 2.22. The fraction of sp³-hybridized carbons (Fsp3) is 0.450. The molecule has 1 saturated heterocycles. The van der Waals surface area contributed by atoms with E-state index in [2.05, 4.69) is 38.4 Å². The van der Waals surface area contributed by atoms with Crippen LogP contribution in [0.15, 0.2) is 47.4 Å². The standard InChI is InChI=1S/C20H26N6O/c1-2-25-19(22-23-20(25)27)14-16-9-12-24(13-10-16)15-18-8-11-21-26(18)17-6-4-3-5-7-17/h3-8,11,16H,2,9-10,12-15H2,1H3,(H,23,27). The van der Waals surface area contributed by atoms with Gasteiger partial charge in [-0.25, -0.2) is 14.6 Å². The van der Waals surface area contributed by atoms with Crippen molar-refractivity contribution < 1.29 is 0 Å². The van der Waals surface area contributed by atoms with Crippen molar-refractivity contribution >= 4 is 0 Å². The molecule has 142 valence electrons. The smallest absolute Gasteiger partial charge is 0.297 e. The highest BCUT2D eigenvalue weighted by Crippen LogP contribution is 2.22. The molecule has 2 aromatic heterocycles. The average molecular weight is 366 g/mol. The van der Waals surface area contributed by atoms with Crippen molar-refractivity contribution in [3.8, 4) is 5.69 Å². The number of para-hydroxylation sites is 1. The second-order valence-corrected chi connectivity index (χ2v) is 7.18. The number of nitrogens with one attached hydrogen (secondary N) is 1. The number of nitrogens with zero attached hydrogens (tertiary/aromatic N) is 5. The van der Waals surface area contributed by atoms with Gasteiger partial charge in [-0.15, -0.1) is 0 Å². The molecule has 0 amide bonds. The fourth-order valence-electron chi connectivity index (χ4n) is 3.92. The van der Waals surface area contributed by atoms with Crippen LogP contribution in [0.4, 0.5) is 0 Å². The van der Waals surface area contributed by atoms with Crippen molar-refractivity contribution in [2.24, 2.45) is 5.92 Å². The summed E-state index contributed by atoms with van der Waals surface area (Å²) in [6.45, 7) is 5.69. The van der Waals surface area contributed by atoms with Gasteiger partial charge < -0.3 is 0 Å². The molecule has 1 aliphatic heterocycles. The molecule has 0 unspecified atom stereocenters. The van der Waals surface area contributed by atoms with E-state index in [0.717, 1.165) is 50.4 Å². The number of hydrogen-bond acceptors (Lipinski definition) is 4. The molecule has 0 saturated carbocycles. The number of piperidine rings is 1. The summed E-state index contributed by atoms with van der Waals surface area (Å²) in [6, 6.07) is 12.4. The summed E-state index contributed by atoms with van der Waals surface area (Å²) < 4.78 is 3.76. The molecule has 3 aromatic rings. The van der Waals surface area contributed by atoms with Gasteiger partial charge in [0.05, 0.1) is 11.4 Å². The predicted octanol–water partition coefficient (Wildman–Crippen LogP) is 2.23. The van der Waals surface area contributed by atoms with Crippen molar-refractivity contribution in [2.45, 2.75) is 39.3 Å². The fourth-order valence-corrected chi connectivity index (χ4v) is 3.92. The number of aromatic nitrogens is 5. The predicted molar refractivity (Wildman–Crippen MR) is 104 cm³/mol. The molecule has 0 aliphatic carbocycles. The Hall–Kier alpha value is -2.67. The average Bonchev–Trinajstić information content (AvgIpc) is 3.30. The molecule has 0 atom stereocenters. The Morgan fingerprint density at radius 3 is 2.67 bits per heavy atom. The van der Waals surface area contributed by atoms with Crippen LogP contribution >= 0.6 is 0 Å². The molecule has 0 bridgehead atoms. The number of hydrogen-bond donors (Lipinski definition) is 1. The first-order valence-electron chi connectivity index (χ1n) is 9.69. The molecule has 1 N–H and O–H groups in total. The first kappa shape index (κ1) is 17.7. The minimum atomic E-state index is -0.0980. The molecular weight excluding hydrogens is 340 g/mol. The van der Waals surface area contributed by atoms with Gasteiger partial charge in [0.2, 0.25) is 0 Å². The zero-order chi connectivity index (χ0) is 18.6. The van der Waals surface area contributed by atoms with Gasteiger partial charge in [-0.2, -0.15) is 10.2 Å². The van der Waals surface area contributed by atoms with Gasteiger partial charge in [-0.05, 0) is 57.0 Å². The van der Waals surface area contributed by atoms with Gasteiger partial charge in [0.1, 0.15) is 5.82 Å². The van der Waals surface area contributed by atoms with Crippen LogP contribution in [-0.2, 0) is 19.5 Å². The second kappa shape index (κ2) is 7.92. The molecule has 7 heteroatoms. The van der Waals surface area contributed by atoms with E-state index in [1.165, 1.54) is 5.69 Å². The van der Waals surface area contributed by atoms with Crippen LogP contribution in [0.1, 0.15) is 31.3 Å². The van der Waals surface area contributed by atoms with E-state index in [4.69, 9.17) is 0 Å². The first-order chi connectivity index (χ1) is 13.2. The van der Waals surface area contributed by atoms with Crippen molar-refractivity contribution in [3.63, 3.8) is 0 Å². The Kier molecular flexibility index (Phi) is 5.20. The third-order valence-electron chi connectivity index (χ3n) is 5.44. The van der Waals surface area contributed by atoms with Crippen molar-refractivity contribution in [3.05, 3.63) is 64.6 Å². The van der Waals surface area contributed by atoms with Gasteiger partial charge in [-0.3, -0.25) is 9.47 Å². The third kappa shape index (κ3) is 3.88. The minimum absolute atomic E-state index is 0.0980. The van der Waals surface area contributed by atoms with E-state index in [0.29, 0.717) is 12.5 Å². The Morgan fingerprint density at radius 1 is 1.15 bits per heavy atom. The van der Waals surface area contributed by atoms with E-state index in [1.807, 2.05) is 36.0 Å². The maximum atomic E-state index is 11.7. The second-order valence-electron chi connectivity index (χ2n) is 7.18. The first-order valence-corrected chi connectivity index (χ1v) is 9.69. The molecule has 3 heterocycles. The molecule has 1 fully saturated rings. The molecule has 27 heavy (non-hydrogen) atoms. The normalized spacial score (nSPS) is 16.0. The van der Waals surface area contributed by atoms with E-state index in [9.17, 15) is 4.79 Å². The van der Waals surface area contributed by atoms with E-state index < -0.39 is 0 Å². The maximum Gasteiger partial charge on any atom is 0.343 e. The number of rotatable bonds is 6. The van der Waals surface area contributed by atoms with Gasteiger partial charge in [0.25, 0.3) is 0 Å². The summed E-state index contributed by atoms with van der Waals surface area (Å²) in [4.78, 5) is 14.2. The largest absolute Gasteiger partial charge is 0.343 e. The lowest BCUT2D eigenvalue weighted by Gasteiger charge is -2.31. The summed E-state index contributed by atoms with van der Waals surface area (Å²) in [6.07, 6.45) is 5.01. The van der Waals surface area contributed by atoms with Crippen LogP contribution in [0.2, 0.25) is 0 Å². The third-order valence-corrected chi connectivity index (χ3v) is 5.44. The quantitative estimate of drug-likeness (QED) is 0.726. The van der Waals surface area contributed by atoms with Crippen LogP contribution in [0.3, 0.4) is 0 Å². The van der Waals surface area contributed by atoms with Crippen LogP contribution in [-0.4, -0.2) is 42.5 Å². The molecule has 0 spiro atoms. The van der Waals surface area contributed by atoms with E-state index in [1.54, 1.807) is 4.57 Å². The zero-order valence-electron chi connectivity index (χ0n) is 15.7. The number of benzene rings is 1. The molecule has 4 rings (SSSR count). The lowest BCUT2D eigenvalue weighted by atomic mass is 9.93. The van der Waals surface area contributed by atoms with Crippen molar-refractivity contribution in [2.75, 3.05) is 13.1 Å². The van der Waals surface area contributed by atoms with Crippen LogP contribution < -0.4 is 5.69 Å². The van der Waals surface area contributed by atoms with Gasteiger partial charge in [-0.1, -0.05) is 18.2 Å². The van der Waals surface area contributed by atoms with Crippen molar-refractivity contribution in [1.82, 2.24) is 29.4 Å². The van der Waals surface area contributed by atoms with Crippen LogP contribution in [0.25, 0.3) is 5.69 Å². The summed E-state index contributed by atoms with van der Waals surface area (Å²) >= 11 is 0. The number of aromatic amines is 1. The number of H-pyrrole nitrogens is 1.